The Hall–Kier alpha value is -0.840. The molecule has 0 heterocycles. The Morgan fingerprint density at radius 3 is 2.48 bits per heavy atom. The molecule has 118 valence electrons. The fourth-order valence-corrected chi connectivity index (χ4v) is 1.83. The molecule has 1 aromatic rings. The predicted molar refractivity (Wildman–Crippen MR) is 82.6 cm³/mol. The SMILES string of the molecule is C/C(Cl)=C\C[N+](C)(C)CC(=O)OCCc1ccccc1.[Br-]. The second kappa shape index (κ2) is 9.98. The molecular formula is C16H23BrClNO2. The van der Waals surface area contributed by atoms with Crippen LogP contribution >= 0.6 is 11.6 Å². The van der Waals surface area contributed by atoms with Gasteiger partial charge in [0.2, 0.25) is 0 Å². The zero-order chi connectivity index (χ0) is 15.0. The first kappa shape index (κ1) is 20.2. The highest BCUT2D eigenvalue weighted by molar-refractivity contribution is 6.29. The first-order valence-corrected chi connectivity index (χ1v) is 7.11. The first-order chi connectivity index (χ1) is 9.39. The molecule has 0 aliphatic rings. The fraction of sp³-hybridized carbons (Fsp3) is 0.438. The molecule has 0 saturated heterocycles. The van der Waals surface area contributed by atoms with E-state index in [1.54, 1.807) is 0 Å². The van der Waals surface area contributed by atoms with Crippen molar-refractivity contribution in [1.82, 2.24) is 0 Å². The summed E-state index contributed by atoms with van der Waals surface area (Å²) in [5.41, 5.74) is 1.18. The van der Waals surface area contributed by atoms with Crippen LogP contribution in [0, 0.1) is 0 Å². The molecule has 21 heavy (non-hydrogen) atoms. The molecule has 0 aliphatic heterocycles. The minimum Gasteiger partial charge on any atom is -1.00 e. The van der Waals surface area contributed by atoms with E-state index in [0.29, 0.717) is 24.2 Å². The van der Waals surface area contributed by atoms with Gasteiger partial charge in [0.15, 0.2) is 6.54 Å². The van der Waals surface area contributed by atoms with Crippen LogP contribution in [0.15, 0.2) is 41.4 Å². The summed E-state index contributed by atoms with van der Waals surface area (Å²) >= 11 is 5.81. The van der Waals surface area contributed by atoms with Crippen LogP contribution in [0.4, 0.5) is 0 Å². The molecule has 0 atom stereocenters. The van der Waals surface area contributed by atoms with Gasteiger partial charge in [-0.15, -0.1) is 0 Å². The molecule has 5 heteroatoms. The average Bonchev–Trinajstić information content (AvgIpc) is 2.37. The van der Waals surface area contributed by atoms with E-state index < -0.39 is 0 Å². The van der Waals surface area contributed by atoms with Gasteiger partial charge in [-0.2, -0.15) is 0 Å². The van der Waals surface area contributed by atoms with Gasteiger partial charge in [-0.05, 0) is 18.6 Å². The van der Waals surface area contributed by atoms with Crippen molar-refractivity contribution < 1.29 is 31.0 Å². The number of carbonyl (C=O) groups excluding carboxylic acids is 1. The standard InChI is InChI=1S/C16H23ClNO2.BrH/c1-14(17)9-11-18(2,3)13-16(19)20-12-10-15-7-5-4-6-8-15;/h4-9H,10-13H2,1-3H3;1H/q+1;/p-1/b14-9+;. The van der Waals surface area contributed by atoms with Gasteiger partial charge in [0.1, 0.15) is 0 Å². The third kappa shape index (κ3) is 9.67. The van der Waals surface area contributed by atoms with Gasteiger partial charge in [-0.3, -0.25) is 0 Å². The Morgan fingerprint density at radius 1 is 1.29 bits per heavy atom. The van der Waals surface area contributed by atoms with E-state index in [9.17, 15) is 4.79 Å². The first-order valence-electron chi connectivity index (χ1n) is 6.73. The maximum Gasteiger partial charge on any atom is 0.361 e. The van der Waals surface area contributed by atoms with Crippen molar-refractivity contribution in [2.45, 2.75) is 13.3 Å². The highest BCUT2D eigenvalue weighted by Crippen LogP contribution is 2.04. The molecule has 0 aliphatic carbocycles. The monoisotopic (exact) mass is 375 g/mol. The highest BCUT2D eigenvalue weighted by Gasteiger charge is 2.19. The molecule has 1 aromatic carbocycles. The van der Waals surface area contributed by atoms with Crippen molar-refractivity contribution in [2.24, 2.45) is 0 Å². The smallest absolute Gasteiger partial charge is 0.361 e. The quantitative estimate of drug-likeness (QED) is 0.494. The zero-order valence-electron chi connectivity index (χ0n) is 12.8. The predicted octanol–water partition coefficient (Wildman–Crippen LogP) is -0.00470. The summed E-state index contributed by atoms with van der Waals surface area (Å²) in [4.78, 5) is 11.8. The van der Waals surface area contributed by atoms with E-state index in [2.05, 4.69) is 0 Å². The van der Waals surface area contributed by atoms with Gasteiger partial charge in [-0.25, -0.2) is 4.79 Å². The van der Waals surface area contributed by atoms with Crippen molar-refractivity contribution in [3.63, 3.8) is 0 Å². The number of hydrogen-bond donors (Lipinski definition) is 0. The molecule has 0 bridgehead atoms. The number of quaternary nitrogens is 1. The number of rotatable bonds is 7. The van der Waals surface area contributed by atoms with E-state index in [0.717, 1.165) is 11.5 Å². The Balaban J connectivity index is 0.00000400. The van der Waals surface area contributed by atoms with Gasteiger partial charge < -0.3 is 26.2 Å². The molecule has 0 spiro atoms. The lowest BCUT2D eigenvalue weighted by molar-refractivity contribution is -0.877. The summed E-state index contributed by atoms with van der Waals surface area (Å²) in [5, 5.41) is 0.744. The van der Waals surface area contributed by atoms with E-state index >= 15 is 0 Å². The summed E-state index contributed by atoms with van der Waals surface area (Å²) in [5.74, 6) is -0.174. The average molecular weight is 377 g/mol. The Morgan fingerprint density at radius 2 is 1.90 bits per heavy atom. The molecule has 0 radical (unpaired) electrons. The van der Waals surface area contributed by atoms with Gasteiger partial charge in [0, 0.05) is 11.5 Å². The molecule has 0 aromatic heterocycles. The van der Waals surface area contributed by atoms with E-state index in [1.807, 2.05) is 57.4 Å². The van der Waals surface area contributed by atoms with Crippen LogP contribution in [0.25, 0.3) is 0 Å². The normalized spacial score (nSPS) is 11.7. The Labute approximate surface area is 142 Å². The lowest BCUT2D eigenvalue weighted by Crippen LogP contribution is -3.00. The van der Waals surface area contributed by atoms with E-state index in [-0.39, 0.29) is 23.0 Å². The van der Waals surface area contributed by atoms with Crippen LogP contribution in [-0.2, 0) is 16.0 Å². The molecule has 0 saturated carbocycles. The van der Waals surface area contributed by atoms with E-state index in [1.165, 1.54) is 5.56 Å². The molecule has 0 fully saturated rings. The number of halogens is 2. The van der Waals surface area contributed by atoms with E-state index in [4.69, 9.17) is 16.3 Å². The number of likely N-dealkylation sites (N-methyl/N-ethyl adjacent to an activating group) is 1. The number of benzene rings is 1. The Kier molecular flexibility index (Phi) is 9.58. The van der Waals surface area contributed by atoms with Crippen molar-refractivity contribution in [2.75, 3.05) is 33.8 Å². The van der Waals surface area contributed by atoms with Gasteiger partial charge >= 0.3 is 5.97 Å². The van der Waals surface area contributed by atoms with Gasteiger partial charge in [0.25, 0.3) is 0 Å². The number of carbonyl (C=O) groups is 1. The number of hydrogen-bond acceptors (Lipinski definition) is 2. The van der Waals surface area contributed by atoms with Crippen LogP contribution in [0.2, 0.25) is 0 Å². The second-order valence-electron chi connectivity index (χ2n) is 5.52. The summed E-state index contributed by atoms with van der Waals surface area (Å²) in [6.45, 7) is 3.31. The topological polar surface area (TPSA) is 26.3 Å². The lowest BCUT2D eigenvalue weighted by atomic mass is 10.2. The van der Waals surface area contributed by atoms with Crippen LogP contribution in [0.5, 0.6) is 0 Å². The van der Waals surface area contributed by atoms with Crippen molar-refractivity contribution in [1.29, 1.82) is 0 Å². The summed E-state index contributed by atoms with van der Waals surface area (Å²) in [7, 11) is 3.96. The van der Waals surface area contributed by atoms with Crippen molar-refractivity contribution in [3.8, 4) is 0 Å². The van der Waals surface area contributed by atoms with Crippen molar-refractivity contribution >= 4 is 17.6 Å². The number of nitrogens with zero attached hydrogens (tertiary/aromatic N) is 1. The summed E-state index contributed by atoms with van der Waals surface area (Å²) in [6, 6.07) is 10.0. The molecule has 0 N–H and O–H groups in total. The number of allylic oxidation sites excluding steroid dienone is 1. The maximum atomic E-state index is 11.8. The summed E-state index contributed by atoms with van der Waals surface area (Å²) in [6.07, 6.45) is 2.67. The molecule has 3 nitrogen and oxygen atoms in total. The molecule has 0 unspecified atom stereocenters. The van der Waals surface area contributed by atoms with Crippen LogP contribution in [-0.4, -0.2) is 44.2 Å². The number of esters is 1. The third-order valence-corrected chi connectivity index (χ3v) is 3.07. The van der Waals surface area contributed by atoms with Crippen molar-refractivity contribution in [3.05, 3.63) is 47.0 Å². The fourth-order valence-electron chi connectivity index (χ4n) is 1.76. The second-order valence-corrected chi connectivity index (χ2v) is 6.12. The van der Waals surface area contributed by atoms with Crippen LogP contribution in [0.1, 0.15) is 12.5 Å². The van der Waals surface area contributed by atoms with Crippen LogP contribution < -0.4 is 17.0 Å². The van der Waals surface area contributed by atoms with Gasteiger partial charge in [0.05, 0.1) is 27.2 Å². The Bertz CT molecular complexity index is 457. The zero-order valence-corrected chi connectivity index (χ0v) is 15.2. The minimum atomic E-state index is -0.174. The lowest BCUT2D eigenvalue weighted by Gasteiger charge is -2.27. The molecular weight excluding hydrogens is 354 g/mol. The molecule has 1 rings (SSSR count). The molecule has 0 amide bonds. The van der Waals surface area contributed by atoms with Gasteiger partial charge in [-0.1, -0.05) is 41.9 Å². The highest BCUT2D eigenvalue weighted by atomic mass is 79.9. The van der Waals surface area contributed by atoms with Crippen LogP contribution in [0.3, 0.4) is 0 Å². The number of ether oxygens (including phenoxy) is 1. The maximum absolute atomic E-state index is 11.8. The third-order valence-electron chi connectivity index (χ3n) is 2.92. The minimum absolute atomic E-state index is 0. The largest absolute Gasteiger partial charge is 1.00 e. The summed E-state index contributed by atoms with van der Waals surface area (Å²) < 4.78 is 5.82.